The number of aromatic hydroxyl groups is 1. The molecule has 3 rings (SSSR count). The van der Waals surface area contributed by atoms with E-state index in [0.717, 1.165) is 47.6 Å². The van der Waals surface area contributed by atoms with Crippen LogP contribution in [-0.4, -0.2) is 17.5 Å². The maximum atomic E-state index is 10.6. The molecule has 2 aromatic carbocycles. The second-order valence-electron chi connectivity index (χ2n) is 8.86. The van der Waals surface area contributed by atoms with Gasteiger partial charge in [0.2, 0.25) is 0 Å². The molecule has 33 heavy (non-hydrogen) atoms. The molecule has 0 fully saturated rings. The lowest BCUT2D eigenvalue weighted by Gasteiger charge is -2.17. The van der Waals surface area contributed by atoms with Crippen molar-refractivity contribution in [2.24, 2.45) is 10.7 Å². The van der Waals surface area contributed by atoms with Crippen molar-refractivity contribution in [2.75, 3.05) is 6.54 Å². The highest BCUT2D eigenvalue weighted by Gasteiger charge is 2.15. The van der Waals surface area contributed by atoms with Gasteiger partial charge in [0.1, 0.15) is 11.6 Å². The van der Waals surface area contributed by atoms with Crippen molar-refractivity contribution >= 4 is 35.3 Å². The lowest BCUT2D eigenvalue weighted by atomic mass is 9.90. The van der Waals surface area contributed by atoms with Gasteiger partial charge in [-0.1, -0.05) is 58.0 Å². The summed E-state index contributed by atoms with van der Waals surface area (Å²) < 4.78 is 0. The molecule has 0 atom stereocenters. The Balaban J connectivity index is 0.00000385. The Kier molecular flexibility index (Phi) is 10.4. The summed E-state index contributed by atoms with van der Waals surface area (Å²) in [6.45, 7) is 10.3. The molecule has 0 aliphatic rings. The average molecular weight is 486 g/mol. The maximum absolute atomic E-state index is 10.6. The summed E-state index contributed by atoms with van der Waals surface area (Å²) in [4.78, 5) is 5.54. The molecule has 1 heterocycles. The number of rotatable bonds is 10. The molecule has 4 N–H and O–H groups in total. The zero-order valence-electron chi connectivity index (χ0n) is 20.0. The fourth-order valence-corrected chi connectivity index (χ4v) is 4.40. The second kappa shape index (κ2) is 12.8. The first-order valence-electron chi connectivity index (χ1n) is 11.4. The van der Waals surface area contributed by atoms with Gasteiger partial charge in [0.15, 0.2) is 0 Å². The number of thiophene rings is 1. The summed E-state index contributed by atoms with van der Waals surface area (Å²) in [7, 11) is 0. The minimum Gasteiger partial charge on any atom is -0.507 e. The quantitative estimate of drug-likeness (QED) is 0.166. The second-order valence-corrected chi connectivity index (χ2v) is 9.80. The minimum atomic E-state index is 0. The number of nitrogens with one attached hydrogen (secondary N) is 1. The van der Waals surface area contributed by atoms with Gasteiger partial charge in [-0.15, -0.1) is 23.7 Å². The van der Waals surface area contributed by atoms with Crippen molar-refractivity contribution in [3.05, 3.63) is 81.0 Å². The van der Waals surface area contributed by atoms with Gasteiger partial charge >= 0.3 is 0 Å². The Morgan fingerprint density at radius 3 is 2.30 bits per heavy atom. The van der Waals surface area contributed by atoms with Crippen LogP contribution in [0, 0.1) is 0 Å². The normalized spacial score (nSPS) is 11.8. The highest BCUT2D eigenvalue weighted by Crippen LogP contribution is 2.35. The van der Waals surface area contributed by atoms with Gasteiger partial charge in [0.05, 0.1) is 10.6 Å². The molecular weight excluding hydrogens is 450 g/mol. The van der Waals surface area contributed by atoms with Crippen molar-refractivity contribution in [3.63, 3.8) is 0 Å². The molecule has 0 amide bonds. The Morgan fingerprint density at radius 1 is 1.00 bits per heavy atom. The first-order chi connectivity index (χ1) is 15.3. The smallest absolute Gasteiger partial charge is 0.141 e. The van der Waals surface area contributed by atoms with Crippen molar-refractivity contribution in [1.82, 2.24) is 5.32 Å². The third-order valence-electron chi connectivity index (χ3n) is 5.55. The van der Waals surface area contributed by atoms with E-state index < -0.39 is 0 Å². The van der Waals surface area contributed by atoms with Crippen LogP contribution in [-0.2, 0) is 13.0 Å². The van der Waals surface area contributed by atoms with Crippen molar-refractivity contribution in [3.8, 4) is 5.75 Å². The Hall–Kier alpha value is -2.34. The topological polar surface area (TPSA) is 70.6 Å². The Bertz CT molecular complexity index is 1020. The molecule has 4 nitrogen and oxygen atoms in total. The van der Waals surface area contributed by atoms with Gasteiger partial charge in [-0.2, -0.15) is 0 Å². The van der Waals surface area contributed by atoms with E-state index >= 15 is 0 Å². The summed E-state index contributed by atoms with van der Waals surface area (Å²) >= 11 is 1.60. The fourth-order valence-electron chi connectivity index (χ4n) is 3.77. The van der Waals surface area contributed by atoms with E-state index in [1.54, 1.807) is 11.3 Å². The SMILES string of the molecule is CC(C)c1cc(CCCNCc2cccc(N=C(N)c3cccs3)c2)cc(C(C)C)c1O.Cl. The molecule has 0 radical (unpaired) electrons. The predicted octanol–water partition coefficient (Wildman–Crippen LogP) is 6.88. The largest absolute Gasteiger partial charge is 0.507 e. The van der Waals surface area contributed by atoms with Crippen LogP contribution < -0.4 is 11.1 Å². The van der Waals surface area contributed by atoms with E-state index in [-0.39, 0.29) is 12.4 Å². The molecule has 178 valence electrons. The monoisotopic (exact) mass is 485 g/mol. The van der Waals surface area contributed by atoms with Crippen LogP contribution in [0.2, 0.25) is 0 Å². The standard InChI is InChI=1S/C27H35N3OS.ClH/c1-18(2)23-15-20(16-24(19(3)4)26(23)31)9-6-12-29-17-21-8-5-10-22(14-21)30-27(28)25-11-7-13-32-25;/h5,7-8,10-11,13-16,18-19,29,31H,6,9,12,17H2,1-4H3,(H2,28,30);1H. The molecule has 0 spiro atoms. The summed E-state index contributed by atoms with van der Waals surface area (Å²) in [5, 5.41) is 16.1. The molecule has 0 aliphatic carbocycles. The number of aliphatic imine (C=N–C) groups is 1. The lowest BCUT2D eigenvalue weighted by molar-refractivity contribution is 0.454. The van der Waals surface area contributed by atoms with Crippen molar-refractivity contribution in [2.45, 2.75) is 58.9 Å². The number of phenolic OH excluding ortho intramolecular Hbond substituents is 1. The predicted molar refractivity (Wildman–Crippen MR) is 145 cm³/mol. The highest BCUT2D eigenvalue weighted by atomic mass is 35.5. The minimum absolute atomic E-state index is 0. The number of hydrogen-bond acceptors (Lipinski definition) is 4. The van der Waals surface area contributed by atoms with Crippen LogP contribution in [0.25, 0.3) is 0 Å². The van der Waals surface area contributed by atoms with E-state index in [0.29, 0.717) is 23.4 Å². The van der Waals surface area contributed by atoms with Crippen LogP contribution >= 0.6 is 23.7 Å². The average Bonchev–Trinajstić information content (AvgIpc) is 3.29. The molecule has 0 bridgehead atoms. The third-order valence-corrected chi connectivity index (χ3v) is 6.45. The lowest BCUT2D eigenvalue weighted by Crippen LogP contribution is -2.15. The van der Waals surface area contributed by atoms with Crippen LogP contribution in [0.4, 0.5) is 5.69 Å². The van der Waals surface area contributed by atoms with E-state index in [1.807, 2.05) is 29.6 Å². The van der Waals surface area contributed by atoms with Gasteiger partial charge in [-0.3, -0.25) is 0 Å². The van der Waals surface area contributed by atoms with Crippen molar-refractivity contribution in [1.29, 1.82) is 0 Å². The van der Waals surface area contributed by atoms with Crippen molar-refractivity contribution < 1.29 is 5.11 Å². The zero-order valence-corrected chi connectivity index (χ0v) is 21.6. The first-order valence-corrected chi connectivity index (χ1v) is 12.3. The highest BCUT2D eigenvalue weighted by molar-refractivity contribution is 7.12. The van der Waals surface area contributed by atoms with Gasteiger partial charge in [-0.25, -0.2) is 4.99 Å². The maximum Gasteiger partial charge on any atom is 0.141 e. The Labute approximate surface area is 208 Å². The summed E-state index contributed by atoms with van der Waals surface area (Å²) in [6.07, 6.45) is 2.04. The molecule has 6 heteroatoms. The number of halogens is 1. The van der Waals surface area contributed by atoms with Gasteiger partial charge < -0.3 is 16.2 Å². The molecular formula is C27H36ClN3OS. The summed E-state index contributed by atoms with van der Waals surface area (Å²) in [5.41, 5.74) is 11.6. The number of benzene rings is 2. The number of nitrogens with zero attached hydrogens (tertiary/aromatic N) is 1. The van der Waals surface area contributed by atoms with E-state index in [9.17, 15) is 5.11 Å². The molecule has 0 saturated carbocycles. The number of nitrogens with two attached hydrogens (primary N) is 1. The van der Waals surface area contributed by atoms with Gasteiger partial charge in [-0.05, 0) is 77.1 Å². The van der Waals surface area contributed by atoms with Gasteiger partial charge in [0.25, 0.3) is 0 Å². The first kappa shape index (κ1) is 26.9. The van der Waals surface area contributed by atoms with Crippen LogP contribution in [0.3, 0.4) is 0 Å². The molecule has 0 aliphatic heterocycles. The number of phenols is 1. The van der Waals surface area contributed by atoms with E-state index in [1.165, 1.54) is 11.1 Å². The van der Waals surface area contributed by atoms with Gasteiger partial charge in [0, 0.05) is 6.54 Å². The van der Waals surface area contributed by atoms with Crippen LogP contribution in [0.1, 0.15) is 73.1 Å². The summed E-state index contributed by atoms with van der Waals surface area (Å²) in [6, 6.07) is 16.5. The Morgan fingerprint density at radius 2 is 1.70 bits per heavy atom. The molecule has 1 aromatic heterocycles. The fraction of sp³-hybridized carbons (Fsp3) is 0.370. The third kappa shape index (κ3) is 7.60. The molecule has 0 unspecified atom stereocenters. The number of amidine groups is 1. The molecule has 3 aromatic rings. The van der Waals surface area contributed by atoms with E-state index in [2.05, 4.69) is 62.3 Å². The number of hydrogen-bond donors (Lipinski definition) is 3. The van der Waals surface area contributed by atoms with E-state index in [4.69, 9.17) is 5.73 Å². The number of aryl methyl sites for hydroxylation is 1. The van der Waals surface area contributed by atoms with Crippen LogP contribution in [0.15, 0.2) is 58.9 Å². The molecule has 0 saturated heterocycles. The zero-order chi connectivity index (χ0) is 23.1. The van der Waals surface area contributed by atoms with Crippen LogP contribution in [0.5, 0.6) is 5.75 Å². The summed E-state index contributed by atoms with van der Waals surface area (Å²) in [5.74, 6) is 1.66.